The fraction of sp³-hybridized carbons (Fsp3) is 0.604. The first-order valence-corrected chi connectivity index (χ1v) is 26.3. The number of nitrogens with one attached hydrogen (secondary N) is 3. The molecule has 76 heavy (non-hydrogen) atoms. The number of nitrogens with zero attached hydrogens (tertiary/aromatic N) is 6. The summed E-state index contributed by atoms with van der Waals surface area (Å²) in [5.74, 6) is -2.74. The van der Waals surface area contributed by atoms with E-state index in [-0.39, 0.29) is 35.6 Å². The van der Waals surface area contributed by atoms with Crippen molar-refractivity contribution in [2.45, 2.75) is 156 Å². The molecular weight excluding hydrogens is 1040 g/mol. The highest BCUT2D eigenvalue weighted by Crippen LogP contribution is 2.33. The van der Waals surface area contributed by atoms with E-state index in [2.05, 4.69) is 30.4 Å². The van der Waals surface area contributed by atoms with Crippen LogP contribution in [0.15, 0.2) is 47.2 Å². The van der Waals surface area contributed by atoms with Gasteiger partial charge in [-0.25, -0.2) is 24.2 Å². The minimum absolute atomic E-state index is 0.0328. The van der Waals surface area contributed by atoms with Crippen molar-refractivity contribution in [3.8, 4) is 16.9 Å². The minimum atomic E-state index is -5.12. The van der Waals surface area contributed by atoms with Crippen LogP contribution in [0.3, 0.4) is 0 Å². The molecule has 0 radical (unpaired) electrons. The van der Waals surface area contributed by atoms with Crippen LogP contribution in [-0.4, -0.2) is 152 Å². The predicted octanol–water partition coefficient (Wildman–Crippen LogP) is 4.35. The first-order valence-electron chi connectivity index (χ1n) is 24.1. The maximum Gasteiger partial charge on any atom is 0.418 e. The number of ether oxygens (including phenoxy) is 5. The Morgan fingerprint density at radius 2 is 1.47 bits per heavy atom. The van der Waals surface area contributed by atoms with Gasteiger partial charge in [0.05, 0.1) is 30.4 Å². The molecule has 5 amide bonds. The molecule has 2 aliphatic rings. The zero-order valence-electron chi connectivity index (χ0n) is 45.1. The number of aliphatic hydroxyl groups excluding tert-OH is 1. The zero-order valence-corrected chi connectivity index (χ0v) is 46.7. The van der Waals surface area contributed by atoms with E-state index in [1.165, 1.54) is 19.2 Å². The topological polar surface area (TPSA) is 318 Å². The van der Waals surface area contributed by atoms with Crippen molar-refractivity contribution >= 4 is 68.6 Å². The van der Waals surface area contributed by atoms with E-state index in [9.17, 15) is 46.8 Å². The molecule has 2 aromatic heterocycles. The molecule has 3 atom stereocenters. The first-order chi connectivity index (χ1) is 34.8. The number of oxime groups is 1. The van der Waals surface area contributed by atoms with E-state index in [0.717, 1.165) is 22.5 Å². The smallest absolute Gasteiger partial charge is 0.418 e. The molecule has 5 N–H and O–H groups in total. The van der Waals surface area contributed by atoms with E-state index in [4.69, 9.17) is 28.5 Å². The normalized spacial score (nSPS) is 17.1. The quantitative estimate of drug-likeness (QED) is 0.0212. The molecule has 2 unspecified atom stereocenters. The lowest BCUT2D eigenvalue weighted by Gasteiger charge is -2.50. The third-order valence-electron chi connectivity index (χ3n) is 10.5. The molecule has 2 aliphatic heterocycles. The second-order valence-corrected chi connectivity index (χ2v) is 24.4. The number of amides is 5. The number of carbonyl (C=O) groups excluding carboxylic acids is 6. The van der Waals surface area contributed by atoms with Crippen molar-refractivity contribution in [1.82, 2.24) is 30.3 Å². The molecule has 26 nitrogen and oxygen atoms in total. The molecule has 0 spiro atoms. The summed E-state index contributed by atoms with van der Waals surface area (Å²) in [6.07, 6.45) is -0.852. The average molecular weight is 1110 g/mol. The van der Waals surface area contributed by atoms with Crippen LogP contribution in [0.4, 0.5) is 19.5 Å². The molecule has 5 rings (SSSR count). The summed E-state index contributed by atoms with van der Waals surface area (Å²) in [6, 6.07) is 5.36. The second kappa shape index (κ2) is 23.3. The first kappa shape index (κ1) is 60.2. The van der Waals surface area contributed by atoms with Gasteiger partial charge in [-0.05, 0) is 115 Å². The van der Waals surface area contributed by atoms with Gasteiger partial charge in [0, 0.05) is 24.4 Å². The summed E-state index contributed by atoms with van der Waals surface area (Å²) in [5.41, 5.74) is -4.10. The van der Waals surface area contributed by atoms with E-state index in [0.29, 0.717) is 24.7 Å². The molecule has 0 aliphatic carbocycles. The van der Waals surface area contributed by atoms with Crippen LogP contribution in [-0.2, 0) is 65.9 Å². The van der Waals surface area contributed by atoms with Crippen LogP contribution in [0.5, 0.6) is 5.75 Å². The molecular formula is C48H70N9O17S2+. The van der Waals surface area contributed by atoms with Crippen LogP contribution in [0.25, 0.3) is 11.1 Å². The monoisotopic (exact) mass is 1110 g/mol. The van der Waals surface area contributed by atoms with Crippen molar-refractivity contribution in [2.24, 2.45) is 11.1 Å². The second-order valence-electron chi connectivity index (χ2n) is 22.5. The lowest BCUT2D eigenvalue weighted by atomic mass is 9.84. The van der Waals surface area contributed by atoms with Gasteiger partial charge >= 0.3 is 34.6 Å². The molecule has 0 saturated carbocycles. The SMILES string of the molecule is CC(C)(C)OC(=O)NCC(O)C[n+]1cc(-c2ccc(OCC(O/N=C(\C(=O)N[C@@H]3C(=O)N(OS(=O)(=O)O)C3(C)C)c3csc(NC(=O)OC(C)(C)C)n3)C(=O)OC(C)(C)C)cc2)cn1CC1CN(C(=O)OC(C)(C)C)C1. The molecule has 3 aromatic rings. The van der Waals surface area contributed by atoms with Gasteiger partial charge in [-0.1, -0.05) is 17.3 Å². The Hall–Kier alpha value is -6.62. The van der Waals surface area contributed by atoms with Crippen molar-refractivity contribution in [2.75, 3.05) is 31.6 Å². The third kappa shape index (κ3) is 18.0. The number of likely N-dealkylation sites (tertiary alicyclic amines) is 1. The molecule has 4 heterocycles. The fourth-order valence-corrected chi connectivity index (χ4v) is 8.32. The largest absolute Gasteiger partial charge is 0.489 e. The molecule has 2 saturated heterocycles. The molecule has 1 aromatic carbocycles. The molecule has 0 bridgehead atoms. The fourth-order valence-electron chi connectivity index (χ4n) is 7.18. The highest BCUT2D eigenvalue weighted by molar-refractivity contribution is 7.80. The maximum atomic E-state index is 14.0. The number of benzene rings is 1. The minimum Gasteiger partial charge on any atom is -0.489 e. The number of carbonyl (C=O) groups is 6. The van der Waals surface area contributed by atoms with Gasteiger partial charge in [-0.3, -0.25) is 19.5 Å². The number of hydroxylamine groups is 2. The standard InChI is InChI=1S/C48H69N9O17S2/c1-44(2,3)69-39(61)34(73-53-35(33-27-75-40(50-33)52-42(63)71-46(7,8)9)37(59)51-36-38(60)57(48(36,13)14)74-76(65,66)67)26-68-32-17-15-29(16-18-32)30-23-55(22-28-20-54(21-28)43(64)72-47(10,11)12)56(24-30)25-31(58)19-49-41(62)70-45(4,5)6/h15-18,23-24,27-28,31,34,36,58H,19-22,25-26H2,1-14H3,(H3-,49,50,51,52,59,62,63,65,66,67)/p+1/b53-35-/t31?,34?,36-/m1/s1. The summed E-state index contributed by atoms with van der Waals surface area (Å²) < 4.78 is 68.0. The molecule has 28 heteroatoms. The van der Waals surface area contributed by atoms with Gasteiger partial charge < -0.3 is 49.2 Å². The van der Waals surface area contributed by atoms with E-state index in [1.807, 2.05) is 21.8 Å². The van der Waals surface area contributed by atoms with Crippen LogP contribution >= 0.6 is 11.3 Å². The number of thiazole rings is 1. The van der Waals surface area contributed by atoms with Crippen molar-refractivity contribution < 1.29 is 84.3 Å². The predicted molar refractivity (Wildman–Crippen MR) is 272 cm³/mol. The third-order valence-corrected chi connectivity index (χ3v) is 11.6. The van der Waals surface area contributed by atoms with Gasteiger partial charge in [0.25, 0.3) is 17.9 Å². The number of esters is 1. The number of anilines is 1. The lowest BCUT2D eigenvalue weighted by Crippen LogP contribution is -2.76. The highest BCUT2D eigenvalue weighted by Gasteiger charge is 2.58. The average Bonchev–Trinajstić information content (AvgIpc) is 3.86. The number of hydrogen-bond acceptors (Lipinski definition) is 19. The number of aliphatic hydroxyl groups is 1. The summed E-state index contributed by atoms with van der Waals surface area (Å²) in [4.78, 5) is 89.8. The summed E-state index contributed by atoms with van der Waals surface area (Å²) in [6.45, 7) is 24.0. The Morgan fingerprint density at radius 3 is 2.04 bits per heavy atom. The number of alkyl carbamates (subject to hydrolysis) is 1. The zero-order chi connectivity index (χ0) is 56.9. The Labute approximate surface area is 445 Å². The number of hydrogen-bond donors (Lipinski definition) is 5. The van der Waals surface area contributed by atoms with Crippen molar-refractivity contribution in [3.63, 3.8) is 0 Å². The Morgan fingerprint density at radius 1 is 0.882 bits per heavy atom. The summed E-state index contributed by atoms with van der Waals surface area (Å²) in [5, 5.41) is 24.2. The molecule has 2 fully saturated rings. The maximum absolute atomic E-state index is 14.0. The number of β-lactam (4-membered cyclic amide) rings is 1. The number of aromatic nitrogens is 3. The summed E-state index contributed by atoms with van der Waals surface area (Å²) in [7, 11) is -5.12. The van der Waals surface area contributed by atoms with Gasteiger partial charge in [0.2, 0.25) is 6.20 Å². The van der Waals surface area contributed by atoms with Gasteiger partial charge in [-0.2, -0.15) is 18.2 Å². The van der Waals surface area contributed by atoms with Gasteiger partial charge in [-0.15, -0.1) is 20.3 Å². The van der Waals surface area contributed by atoms with Crippen LogP contribution in [0, 0.1) is 5.92 Å². The van der Waals surface area contributed by atoms with Crippen molar-refractivity contribution in [3.05, 3.63) is 47.7 Å². The Balaban J connectivity index is 1.37. The Kier molecular flexibility index (Phi) is 18.5. The van der Waals surface area contributed by atoms with Crippen LogP contribution in [0.1, 0.15) is 103 Å². The highest BCUT2D eigenvalue weighted by atomic mass is 32.3. The Bertz CT molecular complexity index is 2720. The molecule has 420 valence electrons. The van der Waals surface area contributed by atoms with Crippen LogP contribution in [0.2, 0.25) is 0 Å². The number of rotatable bonds is 19. The van der Waals surface area contributed by atoms with E-state index in [1.54, 1.807) is 112 Å². The van der Waals surface area contributed by atoms with E-state index < -0.39 is 105 Å². The summed E-state index contributed by atoms with van der Waals surface area (Å²) >= 11 is 0.873. The van der Waals surface area contributed by atoms with E-state index >= 15 is 0 Å². The van der Waals surface area contributed by atoms with Gasteiger partial charge in [0.15, 0.2) is 17.4 Å². The van der Waals surface area contributed by atoms with Crippen LogP contribution < -0.4 is 25.4 Å². The van der Waals surface area contributed by atoms with Crippen molar-refractivity contribution in [1.29, 1.82) is 0 Å². The lowest BCUT2D eigenvalue weighted by molar-refractivity contribution is -0.780. The van der Waals surface area contributed by atoms with Gasteiger partial charge in [0.1, 0.15) is 52.6 Å².